The fourth-order valence-corrected chi connectivity index (χ4v) is 4.08. The molecule has 1 aliphatic rings. The van der Waals surface area contributed by atoms with Crippen molar-refractivity contribution >= 4 is 47.8 Å². The third kappa shape index (κ3) is 2.71. The Kier molecular flexibility index (Phi) is 4.50. The fraction of sp³-hybridized carbons (Fsp3) is 0.500. The summed E-state index contributed by atoms with van der Waals surface area (Å²) in [5, 5.41) is 0. The van der Waals surface area contributed by atoms with E-state index in [-0.39, 0.29) is 4.83 Å². The molecule has 2 rings (SSSR count). The van der Waals surface area contributed by atoms with Gasteiger partial charge in [0, 0.05) is 15.6 Å². The van der Waals surface area contributed by atoms with Crippen LogP contribution in [0, 0.1) is 6.92 Å². The molecule has 0 aromatic heterocycles. The molecule has 2 unspecified atom stereocenters. The SMILES string of the molecule is Cc1cc(Br)c(C(Br)C2CCCO2)cc1Br. The predicted octanol–water partition coefficient (Wildman–Crippen LogP) is 5.14. The fourth-order valence-electron chi connectivity index (χ4n) is 1.91. The Balaban J connectivity index is 2.28. The molecule has 4 heteroatoms. The molecule has 88 valence electrons. The van der Waals surface area contributed by atoms with Crippen molar-refractivity contribution in [3.63, 3.8) is 0 Å². The summed E-state index contributed by atoms with van der Waals surface area (Å²) in [5.74, 6) is 0. The molecule has 1 nitrogen and oxygen atoms in total. The Morgan fingerprint density at radius 3 is 2.69 bits per heavy atom. The Morgan fingerprint density at radius 1 is 1.31 bits per heavy atom. The van der Waals surface area contributed by atoms with Gasteiger partial charge in [-0.15, -0.1) is 0 Å². The zero-order valence-electron chi connectivity index (χ0n) is 8.97. The van der Waals surface area contributed by atoms with Crippen molar-refractivity contribution in [3.8, 4) is 0 Å². The van der Waals surface area contributed by atoms with Crippen molar-refractivity contribution in [2.24, 2.45) is 0 Å². The van der Waals surface area contributed by atoms with Gasteiger partial charge < -0.3 is 4.74 Å². The van der Waals surface area contributed by atoms with Crippen LogP contribution in [0.4, 0.5) is 0 Å². The topological polar surface area (TPSA) is 9.23 Å². The first kappa shape index (κ1) is 13.1. The van der Waals surface area contributed by atoms with Crippen LogP contribution in [0.1, 0.15) is 28.8 Å². The minimum Gasteiger partial charge on any atom is -0.377 e. The second-order valence-corrected chi connectivity index (χ2v) is 6.77. The molecule has 0 aliphatic carbocycles. The van der Waals surface area contributed by atoms with E-state index in [1.54, 1.807) is 0 Å². The van der Waals surface area contributed by atoms with Crippen molar-refractivity contribution in [3.05, 3.63) is 32.2 Å². The van der Waals surface area contributed by atoms with Gasteiger partial charge >= 0.3 is 0 Å². The van der Waals surface area contributed by atoms with Crippen LogP contribution < -0.4 is 0 Å². The first-order chi connectivity index (χ1) is 7.59. The maximum Gasteiger partial charge on any atom is 0.0742 e. The van der Waals surface area contributed by atoms with Crippen LogP contribution in [0.15, 0.2) is 21.1 Å². The number of alkyl halides is 1. The predicted molar refractivity (Wildman–Crippen MR) is 77.2 cm³/mol. The second-order valence-electron chi connectivity index (χ2n) is 4.08. The molecule has 0 spiro atoms. The van der Waals surface area contributed by atoms with Crippen LogP contribution in [0.25, 0.3) is 0 Å². The van der Waals surface area contributed by atoms with E-state index >= 15 is 0 Å². The third-order valence-electron chi connectivity index (χ3n) is 2.87. The van der Waals surface area contributed by atoms with E-state index in [1.165, 1.54) is 11.1 Å². The molecule has 1 aromatic rings. The van der Waals surface area contributed by atoms with Gasteiger partial charge in [-0.1, -0.05) is 47.8 Å². The van der Waals surface area contributed by atoms with Crippen LogP contribution in [0.5, 0.6) is 0 Å². The number of halogens is 3. The molecule has 1 aliphatic heterocycles. The monoisotopic (exact) mass is 410 g/mol. The molecule has 1 heterocycles. The van der Waals surface area contributed by atoms with Crippen LogP contribution >= 0.6 is 47.8 Å². The number of hydrogen-bond acceptors (Lipinski definition) is 1. The molecule has 0 amide bonds. The van der Waals surface area contributed by atoms with Gasteiger partial charge in [0.15, 0.2) is 0 Å². The molecule has 16 heavy (non-hydrogen) atoms. The average Bonchev–Trinajstić information content (AvgIpc) is 2.75. The van der Waals surface area contributed by atoms with Crippen LogP contribution in [0.3, 0.4) is 0 Å². The molecule has 0 bridgehead atoms. The number of rotatable bonds is 2. The lowest BCUT2D eigenvalue weighted by atomic mass is 10.0. The average molecular weight is 413 g/mol. The Labute approximate surface area is 121 Å². The van der Waals surface area contributed by atoms with Crippen molar-refractivity contribution < 1.29 is 4.74 Å². The Morgan fingerprint density at radius 2 is 2.06 bits per heavy atom. The van der Waals surface area contributed by atoms with E-state index in [9.17, 15) is 0 Å². The molecule has 1 aromatic carbocycles. The molecule has 1 saturated heterocycles. The van der Waals surface area contributed by atoms with E-state index < -0.39 is 0 Å². The zero-order valence-corrected chi connectivity index (χ0v) is 13.7. The first-order valence-electron chi connectivity index (χ1n) is 5.31. The molecule has 1 fully saturated rings. The van der Waals surface area contributed by atoms with Crippen LogP contribution in [-0.4, -0.2) is 12.7 Å². The first-order valence-corrected chi connectivity index (χ1v) is 7.81. The largest absolute Gasteiger partial charge is 0.377 e. The summed E-state index contributed by atoms with van der Waals surface area (Å²) < 4.78 is 8.00. The minimum absolute atomic E-state index is 0.265. The second kappa shape index (κ2) is 5.51. The van der Waals surface area contributed by atoms with E-state index in [4.69, 9.17) is 4.74 Å². The number of ether oxygens (including phenoxy) is 1. The number of aryl methyl sites for hydroxylation is 1. The summed E-state index contributed by atoms with van der Waals surface area (Å²) in [6.07, 6.45) is 2.59. The lowest BCUT2D eigenvalue weighted by Gasteiger charge is -2.19. The van der Waals surface area contributed by atoms with Gasteiger partial charge in [-0.25, -0.2) is 0 Å². The van der Waals surface area contributed by atoms with Gasteiger partial charge in [0.1, 0.15) is 0 Å². The number of hydrogen-bond donors (Lipinski definition) is 0. The van der Waals surface area contributed by atoms with E-state index in [0.29, 0.717) is 6.10 Å². The van der Waals surface area contributed by atoms with E-state index in [1.807, 2.05) is 0 Å². The van der Waals surface area contributed by atoms with Gasteiger partial charge in [0.2, 0.25) is 0 Å². The highest BCUT2D eigenvalue weighted by molar-refractivity contribution is 9.11. The highest BCUT2D eigenvalue weighted by Crippen LogP contribution is 2.39. The van der Waals surface area contributed by atoms with Crippen molar-refractivity contribution in [2.75, 3.05) is 6.61 Å². The van der Waals surface area contributed by atoms with Crippen molar-refractivity contribution in [2.45, 2.75) is 30.7 Å². The molecule has 2 atom stereocenters. The normalized spacial score (nSPS) is 22.4. The molecule has 0 N–H and O–H groups in total. The summed E-state index contributed by atoms with van der Waals surface area (Å²) in [4.78, 5) is 0.265. The lowest BCUT2D eigenvalue weighted by molar-refractivity contribution is 0.110. The smallest absolute Gasteiger partial charge is 0.0742 e. The van der Waals surface area contributed by atoms with E-state index in [0.717, 1.165) is 28.4 Å². The summed E-state index contributed by atoms with van der Waals surface area (Å²) in [5.41, 5.74) is 2.49. The highest BCUT2D eigenvalue weighted by atomic mass is 79.9. The third-order valence-corrected chi connectivity index (χ3v) is 5.49. The van der Waals surface area contributed by atoms with Crippen molar-refractivity contribution in [1.29, 1.82) is 0 Å². The summed E-state index contributed by atoms with van der Waals surface area (Å²) >= 11 is 10.9. The van der Waals surface area contributed by atoms with Gasteiger partial charge in [0.25, 0.3) is 0 Å². The quantitative estimate of drug-likeness (QED) is 0.611. The standard InChI is InChI=1S/C12H13Br3O/c1-7-5-10(14)8(6-9(7)13)12(15)11-3-2-4-16-11/h5-6,11-12H,2-4H2,1H3. The van der Waals surface area contributed by atoms with Gasteiger partial charge in [-0.05, 0) is 43.0 Å². The molecule has 0 radical (unpaired) electrons. The van der Waals surface area contributed by atoms with Crippen LogP contribution in [0.2, 0.25) is 0 Å². The zero-order chi connectivity index (χ0) is 11.7. The van der Waals surface area contributed by atoms with Gasteiger partial charge in [-0.2, -0.15) is 0 Å². The maximum atomic E-state index is 5.71. The number of benzene rings is 1. The Bertz CT molecular complexity index is 386. The van der Waals surface area contributed by atoms with Crippen molar-refractivity contribution in [1.82, 2.24) is 0 Å². The summed E-state index contributed by atoms with van der Waals surface area (Å²) in [6, 6.07) is 4.31. The minimum atomic E-state index is 0.265. The maximum absolute atomic E-state index is 5.71. The summed E-state index contributed by atoms with van der Waals surface area (Å²) in [7, 11) is 0. The Hall–Kier alpha value is 0.620. The molecule has 0 saturated carbocycles. The highest BCUT2D eigenvalue weighted by Gasteiger charge is 2.26. The molecular formula is C12H13Br3O. The molecular weight excluding hydrogens is 400 g/mol. The van der Waals surface area contributed by atoms with Crippen LogP contribution in [-0.2, 0) is 4.74 Å². The lowest BCUT2D eigenvalue weighted by Crippen LogP contribution is -2.12. The van der Waals surface area contributed by atoms with Gasteiger partial charge in [0.05, 0.1) is 10.9 Å². The summed E-state index contributed by atoms with van der Waals surface area (Å²) in [6.45, 7) is 2.98. The van der Waals surface area contributed by atoms with E-state index in [2.05, 4.69) is 66.8 Å². The van der Waals surface area contributed by atoms with Gasteiger partial charge in [-0.3, -0.25) is 0 Å².